The first-order valence-electron chi connectivity index (χ1n) is 5.24. The molecule has 0 aliphatic rings. The minimum atomic E-state index is -3.03. The Morgan fingerprint density at radius 3 is 2.50 bits per heavy atom. The molecule has 0 radical (unpaired) electrons. The first-order chi connectivity index (χ1) is 8.48. The number of rotatable bonds is 4. The highest BCUT2D eigenvalue weighted by atomic mass is 32.2. The number of benzene rings is 1. The van der Waals surface area contributed by atoms with Crippen LogP contribution >= 0.6 is 11.3 Å². The zero-order valence-electron chi connectivity index (χ0n) is 10.1. The maximum absolute atomic E-state index is 11.2. The van der Waals surface area contributed by atoms with E-state index in [1.807, 2.05) is 24.3 Å². The van der Waals surface area contributed by atoms with Crippen LogP contribution in [0.25, 0.3) is 10.6 Å². The second-order valence-electron chi connectivity index (χ2n) is 3.94. The van der Waals surface area contributed by atoms with Crippen LogP contribution in [0.2, 0.25) is 0 Å². The summed E-state index contributed by atoms with van der Waals surface area (Å²) in [7, 11) is -1.42. The van der Waals surface area contributed by atoms with Gasteiger partial charge in [-0.15, -0.1) is 11.3 Å². The smallest absolute Gasteiger partial charge is 0.153 e. The average Bonchev–Trinajstić information content (AvgIpc) is 2.75. The third-order valence-electron chi connectivity index (χ3n) is 2.30. The maximum atomic E-state index is 11.2. The number of aromatic nitrogens is 1. The Morgan fingerprint density at radius 2 is 1.94 bits per heavy atom. The third kappa shape index (κ3) is 3.30. The van der Waals surface area contributed by atoms with Gasteiger partial charge in [0.2, 0.25) is 0 Å². The predicted octanol–water partition coefficient (Wildman–Crippen LogP) is 2.36. The summed E-state index contributed by atoms with van der Waals surface area (Å²) in [6.07, 6.45) is 1.21. The average molecular weight is 283 g/mol. The fraction of sp³-hybridized carbons (Fsp3) is 0.250. The van der Waals surface area contributed by atoms with Gasteiger partial charge >= 0.3 is 0 Å². The van der Waals surface area contributed by atoms with Crippen molar-refractivity contribution in [3.63, 3.8) is 0 Å². The van der Waals surface area contributed by atoms with Gasteiger partial charge in [-0.3, -0.25) is 0 Å². The molecule has 0 saturated heterocycles. The van der Waals surface area contributed by atoms with Gasteiger partial charge in [0.1, 0.15) is 10.8 Å². The minimum absolute atomic E-state index is 0.0142. The van der Waals surface area contributed by atoms with Gasteiger partial charge in [-0.1, -0.05) is 0 Å². The van der Waals surface area contributed by atoms with Crippen molar-refractivity contribution >= 4 is 21.2 Å². The zero-order valence-corrected chi connectivity index (χ0v) is 11.7. The first-order valence-corrected chi connectivity index (χ1v) is 8.18. The third-order valence-corrected chi connectivity index (χ3v) is 4.06. The van der Waals surface area contributed by atoms with Crippen LogP contribution in [0.5, 0.6) is 5.75 Å². The summed E-state index contributed by atoms with van der Waals surface area (Å²) >= 11 is 1.44. The van der Waals surface area contributed by atoms with Crippen molar-refractivity contribution in [2.24, 2.45) is 0 Å². The van der Waals surface area contributed by atoms with E-state index in [1.54, 1.807) is 12.5 Å². The number of thiazole rings is 1. The summed E-state index contributed by atoms with van der Waals surface area (Å²) in [6, 6.07) is 7.52. The van der Waals surface area contributed by atoms with Gasteiger partial charge < -0.3 is 4.74 Å². The quantitative estimate of drug-likeness (QED) is 0.864. The van der Waals surface area contributed by atoms with Crippen LogP contribution in [0, 0.1) is 0 Å². The molecule has 0 amide bonds. The molecule has 0 fully saturated rings. The van der Waals surface area contributed by atoms with E-state index < -0.39 is 9.84 Å². The lowest BCUT2D eigenvalue weighted by atomic mass is 10.2. The van der Waals surface area contributed by atoms with Crippen LogP contribution < -0.4 is 4.74 Å². The van der Waals surface area contributed by atoms with Gasteiger partial charge in [0.25, 0.3) is 0 Å². The Balaban J connectivity index is 2.23. The molecule has 0 aliphatic carbocycles. The van der Waals surface area contributed by atoms with E-state index in [2.05, 4.69) is 4.98 Å². The molecule has 18 heavy (non-hydrogen) atoms. The van der Waals surface area contributed by atoms with Crippen LogP contribution in [0.1, 0.15) is 5.69 Å². The van der Waals surface area contributed by atoms with Gasteiger partial charge in [-0.05, 0) is 24.3 Å². The largest absolute Gasteiger partial charge is 0.497 e. The minimum Gasteiger partial charge on any atom is -0.497 e. The number of hydrogen-bond acceptors (Lipinski definition) is 5. The molecule has 0 unspecified atom stereocenters. The van der Waals surface area contributed by atoms with E-state index in [-0.39, 0.29) is 5.75 Å². The summed E-state index contributed by atoms with van der Waals surface area (Å²) in [4.78, 5) is 4.32. The molecule has 96 valence electrons. The van der Waals surface area contributed by atoms with E-state index in [9.17, 15) is 8.42 Å². The molecule has 0 bridgehead atoms. The summed E-state index contributed by atoms with van der Waals surface area (Å²) in [5.74, 6) is 0.770. The van der Waals surface area contributed by atoms with E-state index in [0.29, 0.717) is 5.69 Å². The molecule has 0 spiro atoms. The van der Waals surface area contributed by atoms with Crippen molar-refractivity contribution in [1.82, 2.24) is 4.98 Å². The predicted molar refractivity (Wildman–Crippen MR) is 72.6 cm³/mol. The van der Waals surface area contributed by atoms with Crippen molar-refractivity contribution in [2.45, 2.75) is 5.75 Å². The van der Waals surface area contributed by atoms with Crippen LogP contribution in [0.3, 0.4) is 0 Å². The zero-order chi connectivity index (χ0) is 13.2. The van der Waals surface area contributed by atoms with Crippen LogP contribution in [-0.4, -0.2) is 26.8 Å². The highest BCUT2D eigenvalue weighted by Gasteiger charge is 2.10. The Bertz CT molecular complexity index is 630. The number of hydrogen-bond donors (Lipinski definition) is 0. The second-order valence-corrected chi connectivity index (χ2v) is 6.94. The van der Waals surface area contributed by atoms with Gasteiger partial charge in [0, 0.05) is 17.2 Å². The molecule has 6 heteroatoms. The van der Waals surface area contributed by atoms with Crippen molar-refractivity contribution in [3.8, 4) is 16.3 Å². The van der Waals surface area contributed by atoms with Crippen LogP contribution in [-0.2, 0) is 15.6 Å². The number of sulfone groups is 1. The standard InChI is InChI=1S/C12H13NO3S2/c1-16-11-5-3-9(4-6-11)12-13-10(7-17-12)8-18(2,14)15/h3-7H,8H2,1-2H3. The SMILES string of the molecule is COc1ccc(-c2nc(CS(C)(=O)=O)cs2)cc1. The molecular weight excluding hydrogens is 270 g/mol. The number of methoxy groups -OCH3 is 1. The Morgan fingerprint density at radius 1 is 1.28 bits per heavy atom. The van der Waals surface area contributed by atoms with Crippen molar-refractivity contribution < 1.29 is 13.2 Å². The lowest BCUT2D eigenvalue weighted by molar-refractivity contribution is 0.415. The lowest BCUT2D eigenvalue weighted by Crippen LogP contribution is -2.00. The molecule has 1 heterocycles. The van der Waals surface area contributed by atoms with Crippen molar-refractivity contribution in [2.75, 3.05) is 13.4 Å². The summed E-state index contributed by atoms with van der Waals surface area (Å²) < 4.78 is 27.4. The van der Waals surface area contributed by atoms with Gasteiger partial charge in [-0.25, -0.2) is 13.4 Å². The first kappa shape index (κ1) is 13.0. The normalized spacial score (nSPS) is 11.4. The van der Waals surface area contributed by atoms with Gasteiger partial charge in [0.15, 0.2) is 9.84 Å². The summed E-state index contributed by atoms with van der Waals surface area (Å²) in [5, 5.41) is 2.59. The summed E-state index contributed by atoms with van der Waals surface area (Å²) in [5.41, 5.74) is 1.55. The topological polar surface area (TPSA) is 56.3 Å². The molecular formula is C12H13NO3S2. The molecule has 2 rings (SSSR count). The van der Waals surface area contributed by atoms with E-state index in [1.165, 1.54) is 17.6 Å². The second kappa shape index (κ2) is 5.07. The Kier molecular flexibility index (Phi) is 3.68. The highest BCUT2D eigenvalue weighted by molar-refractivity contribution is 7.89. The fourth-order valence-corrected chi connectivity index (χ4v) is 3.12. The van der Waals surface area contributed by atoms with Gasteiger partial charge in [-0.2, -0.15) is 0 Å². The Labute approximate surface area is 110 Å². The molecule has 1 aromatic heterocycles. The molecule has 0 saturated carbocycles. The van der Waals surface area contributed by atoms with Gasteiger partial charge in [0.05, 0.1) is 18.6 Å². The van der Waals surface area contributed by atoms with E-state index >= 15 is 0 Å². The van der Waals surface area contributed by atoms with E-state index in [0.717, 1.165) is 16.3 Å². The number of nitrogens with zero attached hydrogens (tertiary/aromatic N) is 1. The monoisotopic (exact) mass is 283 g/mol. The lowest BCUT2D eigenvalue weighted by Gasteiger charge is -2.00. The molecule has 2 aromatic rings. The van der Waals surface area contributed by atoms with Crippen molar-refractivity contribution in [3.05, 3.63) is 35.3 Å². The Hall–Kier alpha value is -1.40. The van der Waals surface area contributed by atoms with Crippen molar-refractivity contribution in [1.29, 1.82) is 0 Å². The molecule has 4 nitrogen and oxygen atoms in total. The molecule has 0 aliphatic heterocycles. The molecule has 0 atom stereocenters. The summed E-state index contributed by atoms with van der Waals surface area (Å²) in [6.45, 7) is 0. The van der Waals surface area contributed by atoms with Crippen LogP contribution in [0.4, 0.5) is 0 Å². The fourth-order valence-electron chi connectivity index (χ4n) is 1.51. The highest BCUT2D eigenvalue weighted by Crippen LogP contribution is 2.26. The molecule has 0 N–H and O–H groups in total. The maximum Gasteiger partial charge on any atom is 0.153 e. The number of ether oxygens (including phenoxy) is 1. The van der Waals surface area contributed by atoms with Crippen LogP contribution in [0.15, 0.2) is 29.6 Å². The molecule has 1 aromatic carbocycles. The van der Waals surface area contributed by atoms with E-state index in [4.69, 9.17) is 4.74 Å².